The Bertz CT molecular complexity index is 730. The van der Waals surface area contributed by atoms with Crippen LogP contribution < -0.4 is 5.32 Å². The molecule has 20 heavy (non-hydrogen) atoms. The Morgan fingerprint density at radius 1 is 1.35 bits per heavy atom. The Morgan fingerprint density at radius 2 is 2.15 bits per heavy atom. The maximum Gasteiger partial charge on any atom is 0.325 e. The summed E-state index contributed by atoms with van der Waals surface area (Å²) < 4.78 is 7.07. The van der Waals surface area contributed by atoms with Crippen LogP contribution in [0.5, 0.6) is 0 Å². The smallest absolute Gasteiger partial charge is 0.325 e. The fourth-order valence-corrected chi connectivity index (χ4v) is 2.01. The van der Waals surface area contributed by atoms with Crippen molar-refractivity contribution in [3.63, 3.8) is 0 Å². The van der Waals surface area contributed by atoms with E-state index in [1.165, 1.54) is 10.8 Å². The zero-order valence-electron chi connectivity index (χ0n) is 11.0. The zero-order valence-corrected chi connectivity index (χ0v) is 11.0. The van der Waals surface area contributed by atoms with Crippen LogP contribution in [0, 0.1) is 0 Å². The molecule has 0 saturated carbocycles. The van der Waals surface area contributed by atoms with Crippen molar-refractivity contribution >= 4 is 11.8 Å². The lowest BCUT2D eigenvalue weighted by Gasteiger charge is -2.03. The third kappa shape index (κ3) is 2.05. The van der Waals surface area contributed by atoms with Crippen LogP contribution in [-0.4, -0.2) is 27.0 Å². The second kappa shape index (κ2) is 5.16. The van der Waals surface area contributed by atoms with Crippen LogP contribution in [0.15, 0.2) is 41.1 Å². The highest BCUT2D eigenvalue weighted by Crippen LogP contribution is 2.26. The first-order valence-electron chi connectivity index (χ1n) is 6.47. The summed E-state index contributed by atoms with van der Waals surface area (Å²) in [7, 11) is 0. The molecular weight excluding hydrogens is 256 g/mol. The summed E-state index contributed by atoms with van der Waals surface area (Å²) in [5, 5.41) is 6.92. The Balaban J connectivity index is 2.12. The Hall–Kier alpha value is -2.63. The van der Waals surface area contributed by atoms with E-state index < -0.39 is 0 Å². The van der Waals surface area contributed by atoms with Crippen LogP contribution in [0.25, 0.3) is 17.1 Å². The van der Waals surface area contributed by atoms with Gasteiger partial charge >= 0.3 is 5.84 Å². The number of rotatable bonds is 4. The van der Waals surface area contributed by atoms with E-state index in [0.29, 0.717) is 18.1 Å². The van der Waals surface area contributed by atoms with Crippen molar-refractivity contribution in [1.82, 2.24) is 19.9 Å². The van der Waals surface area contributed by atoms with Crippen LogP contribution in [0.4, 0.5) is 0 Å². The first-order valence-corrected chi connectivity index (χ1v) is 6.47. The highest BCUT2D eigenvalue weighted by Gasteiger charge is 2.23. The monoisotopic (exact) mass is 270 g/mol. The second-order valence-electron chi connectivity index (χ2n) is 4.36. The van der Waals surface area contributed by atoms with Gasteiger partial charge in [0.1, 0.15) is 12.0 Å². The molecule has 0 fully saturated rings. The first kappa shape index (κ1) is 12.4. The summed E-state index contributed by atoms with van der Waals surface area (Å²) in [6.45, 7) is 2.60. The van der Waals surface area contributed by atoms with Gasteiger partial charge in [-0.1, -0.05) is 37.3 Å². The third-order valence-corrected chi connectivity index (χ3v) is 2.93. The molecule has 0 aliphatic carbocycles. The van der Waals surface area contributed by atoms with Gasteiger partial charge in [0.15, 0.2) is 0 Å². The number of oxazole rings is 1. The molecule has 0 aliphatic heterocycles. The summed E-state index contributed by atoms with van der Waals surface area (Å²) >= 11 is 0. The maximum absolute atomic E-state index is 12.2. The van der Waals surface area contributed by atoms with E-state index in [-0.39, 0.29) is 11.7 Å². The fraction of sp³-hybridized carbons (Fsp3) is 0.214. The minimum absolute atomic E-state index is 0.236. The summed E-state index contributed by atoms with van der Waals surface area (Å²) in [4.78, 5) is 16.2. The molecule has 2 heterocycles. The largest absolute Gasteiger partial charge is 0.416 e. The lowest BCUT2D eigenvalue weighted by atomic mass is 10.1. The first-order chi connectivity index (χ1) is 9.81. The molecule has 6 heteroatoms. The van der Waals surface area contributed by atoms with Crippen molar-refractivity contribution in [2.45, 2.75) is 13.3 Å². The highest BCUT2D eigenvalue weighted by atomic mass is 16.4. The number of benzene rings is 1. The number of amides is 1. The van der Waals surface area contributed by atoms with E-state index in [4.69, 9.17) is 4.42 Å². The van der Waals surface area contributed by atoms with E-state index in [0.717, 1.165) is 12.0 Å². The average Bonchev–Trinajstić information content (AvgIpc) is 3.05. The number of hydrogen-bond acceptors (Lipinski definition) is 4. The predicted octanol–water partition coefficient (Wildman–Crippen LogP) is 2.13. The van der Waals surface area contributed by atoms with Crippen LogP contribution in [0.3, 0.4) is 0 Å². The van der Waals surface area contributed by atoms with Gasteiger partial charge in [-0.25, -0.2) is 0 Å². The molecule has 3 rings (SSSR count). The Kier molecular flexibility index (Phi) is 3.20. The molecule has 0 radical (unpaired) electrons. The molecule has 1 amide bonds. The number of nitrogens with one attached hydrogen (secondary N) is 1. The summed E-state index contributed by atoms with van der Waals surface area (Å²) in [6, 6.07) is 9.53. The molecule has 0 spiro atoms. The van der Waals surface area contributed by atoms with Gasteiger partial charge in [-0.3, -0.25) is 4.79 Å². The number of nitrogens with zero attached hydrogens (tertiary/aromatic N) is 3. The number of hydrogen-bond donors (Lipinski definition) is 1. The van der Waals surface area contributed by atoms with Crippen LogP contribution in [-0.2, 0) is 0 Å². The molecular formula is C14H14N4O2. The predicted molar refractivity (Wildman–Crippen MR) is 73.3 cm³/mol. The minimum atomic E-state index is -0.252. The van der Waals surface area contributed by atoms with Gasteiger partial charge in [-0.05, 0) is 6.42 Å². The van der Waals surface area contributed by atoms with Gasteiger partial charge in [0, 0.05) is 12.1 Å². The number of aromatic nitrogens is 3. The average molecular weight is 270 g/mol. The quantitative estimate of drug-likeness (QED) is 0.788. The van der Waals surface area contributed by atoms with Crippen molar-refractivity contribution in [3.05, 3.63) is 42.4 Å². The zero-order chi connectivity index (χ0) is 13.9. The van der Waals surface area contributed by atoms with Gasteiger partial charge < -0.3 is 9.73 Å². The summed E-state index contributed by atoms with van der Waals surface area (Å²) in [5.41, 5.74) is 1.48. The molecule has 6 nitrogen and oxygen atoms in total. The van der Waals surface area contributed by atoms with E-state index in [1.807, 2.05) is 37.3 Å². The SMILES string of the molecule is CCCNC(=O)c1oc2ncnn2c1-c1ccccc1. The van der Waals surface area contributed by atoms with Crippen molar-refractivity contribution in [1.29, 1.82) is 0 Å². The topological polar surface area (TPSA) is 72.4 Å². The van der Waals surface area contributed by atoms with E-state index in [1.54, 1.807) is 0 Å². The van der Waals surface area contributed by atoms with Crippen LogP contribution >= 0.6 is 0 Å². The van der Waals surface area contributed by atoms with Gasteiger partial charge in [0.05, 0.1) is 0 Å². The summed E-state index contributed by atoms with van der Waals surface area (Å²) in [5.74, 6) is 0.295. The fourth-order valence-electron chi connectivity index (χ4n) is 2.01. The Labute approximate surface area is 115 Å². The molecule has 1 N–H and O–H groups in total. The van der Waals surface area contributed by atoms with Crippen LogP contribution in [0.1, 0.15) is 23.9 Å². The van der Waals surface area contributed by atoms with Crippen molar-refractivity contribution in [2.75, 3.05) is 6.54 Å². The second-order valence-corrected chi connectivity index (χ2v) is 4.36. The highest BCUT2D eigenvalue weighted by molar-refractivity contribution is 5.97. The van der Waals surface area contributed by atoms with Gasteiger partial charge in [-0.2, -0.15) is 14.6 Å². The van der Waals surface area contributed by atoms with Gasteiger partial charge in [0.2, 0.25) is 5.76 Å². The standard InChI is InChI=1S/C14H14N4O2/c1-2-8-15-13(19)12-11(10-6-4-3-5-7-10)18-14(20-12)16-9-17-18/h3-7,9H,2,8H2,1H3,(H,15,19). The summed E-state index contributed by atoms with van der Waals surface area (Å²) in [6.07, 6.45) is 2.27. The lowest BCUT2D eigenvalue weighted by Crippen LogP contribution is -2.24. The molecule has 3 aromatic rings. The van der Waals surface area contributed by atoms with E-state index in [9.17, 15) is 4.79 Å². The van der Waals surface area contributed by atoms with Gasteiger partial charge in [-0.15, -0.1) is 0 Å². The molecule has 2 aromatic heterocycles. The minimum Gasteiger partial charge on any atom is -0.416 e. The van der Waals surface area contributed by atoms with Crippen molar-refractivity contribution in [3.8, 4) is 11.3 Å². The molecule has 0 unspecified atom stereocenters. The number of fused-ring (bicyclic) bond motifs is 1. The number of carbonyl (C=O) groups is 1. The molecule has 1 aromatic carbocycles. The van der Waals surface area contributed by atoms with E-state index >= 15 is 0 Å². The van der Waals surface area contributed by atoms with Crippen molar-refractivity contribution < 1.29 is 9.21 Å². The third-order valence-electron chi connectivity index (χ3n) is 2.93. The molecule has 0 bridgehead atoms. The van der Waals surface area contributed by atoms with Gasteiger partial charge in [0.25, 0.3) is 5.91 Å². The van der Waals surface area contributed by atoms with Crippen LogP contribution in [0.2, 0.25) is 0 Å². The Morgan fingerprint density at radius 3 is 2.90 bits per heavy atom. The van der Waals surface area contributed by atoms with Crippen molar-refractivity contribution in [2.24, 2.45) is 0 Å². The lowest BCUT2D eigenvalue weighted by molar-refractivity contribution is 0.0928. The molecule has 102 valence electrons. The molecule has 0 atom stereocenters. The molecule has 0 saturated heterocycles. The normalized spacial score (nSPS) is 10.8. The number of carbonyl (C=O) groups excluding carboxylic acids is 1. The van der Waals surface area contributed by atoms with E-state index in [2.05, 4.69) is 15.4 Å². The maximum atomic E-state index is 12.2. The molecule has 0 aliphatic rings.